The Morgan fingerprint density at radius 3 is 2.75 bits per heavy atom. The number of pyridine rings is 2. The van der Waals surface area contributed by atoms with Gasteiger partial charge in [0.2, 0.25) is 5.43 Å². The monoisotopic (exact) mass is 402 g/mol. The van der Waals surface area contributed by atoms with Crippen molar-refractivity contribution in [1.29, 1.82) is 0 Å². The van der Waals surface area contributed by atoms with Gasteiger partial charge in [-0.2, -0.15) is 0 Å². The largest absolute Gasteiger partial charge is 0.477 e. The van der Waals surface area contributed by atoms with Crippen molar-refractivity contribution >= 4 is 39.9 Å². The number of fused-ring (bicyclic) bond motifs is 1. The molecule has 0 bridgehead atoms. The van der Waals surface area contributed by atoms with Crippen molar-refractivity contribution in [3.63, 3.8) is 0 Å². The quantitative estimate of drug-likeness (QED) is 0.697. The highest BCUT2D eigenvalue weighted by molar-refractivity contribution is 7.12. The number of hydrogen-bond donors (Lipinski definition) is 1. The number of aromatic nitrogens is 3. The molecule has 8 nitrogen and oxygen atoms in total. The Kier molecular flexibility index (Phi) is 4.42. The number of ketones is 1. The Balaban J connectivity index is 1.88. The normalized spacial score (nSPS) is 14.3. The fourth-order valence-corrected chi connectivity index (χ4v) is 3.83. The predicted octanol–water partition coefficient (Wildman–Crippen LogP) is 2.09. The van der Waals surface area contributed by atoms with Crippen LogP contribution in [0.5, 0.6) is 0 Å². The zero-order valence-electron chi connectivity index (χ0n) is 14.8. The molecule has 0 atom stereocenters. The van der Waals surface area contributed by atoms with E-state index in [9.17, 15) is 23.9 Å². The Morgan fingerprint density at radius 1 is 1.39 bits per heavy atom. The topological polar surface area (TPSA) is 105 Å². The average Bonchev–Trinajstić information content (AvgIpc) is 3.15. The molecule has 3 aromatic heterocycles. The van der Waals surface area contributed by atoms with Crippen LogP contribution < -0.4 is 10.3 Å². The van der Waals surface area contributed by atoms with Crippen molar-refractivity contribution in [2.45, 2.75) is 13.3 Å². The number of aromatic carboxylic acids is 1. The van der Waals surface area contributed by atoms with Crippen LogP contribution in [0.3, 0.4) is 0 Å². The number of carboxylic acid groups (broad SMARTS) is 1. The molecule has 0 amide bonds. The van der Waals surface area contributed by atoms with E-state index < -0.39 is 22.8 Å². The maximum atomic E-state index is 14.7. The molecule has 0 aromatic carbocycles. The van der Waals surface area contributed by atoms with E-state index in [4.69, 9.17) is 0 Å². The third-order valence-corrected chi connectivity index (χ3v) is 5.52. The van der Waals surface area contributed by atoms with E-state index in [-0.39, 0.29) is 28.6 Å². The maximum absolute atomic E-state index is 14.7. The van der Waals surface area contributed by atoms with Gasteiger partial charge in [0.1, 0.15) is 11.3 Å². The summed E-state index contributed by atoms with van der Waals surface area (Å²) in [6.45, 7) is 2.50. The van der Waals surface area contributed by atoms with Crippen LogP contribution in [0.1, 0.15) is 23.7 Å². The summed E-state index contributed by atoms with van der Waals surface area (Å²) in [5.74, 6) is -2.16. The van der Waals surface area contributed by atoms with Gasteiger partial charge < -0.3 is 10.0 Å². The van der Waals surface area contributed by atoms with E-state index in [1.165, 1.54) is 22.1 Å². The molecular formula is C18H15FN4O4S. The number of Topliss-reactive ketones (excluding diaryl/α,β-unsaturated/α-hetero) is 1. The minimum Gasteiger partial charge on any atom is -0.477 e. The van der Waals surface area contributed by atoms with Gasteiger partial charge in [0, 0.05) is 37.3 Å². The minimum absolute atomic E-state index is 0.0282. The Hall–Kier alpha value is -3.14. The van der Waals surface area contributed by atoms with Crippen LogP contribution in [-0.2, 0) is 4.79 Å². The number of carbonyl (C=O) groups excluding carboxylic acids is 1. The zero-order valence-corrected chi connectivity index (χ0v) is 15.6. The lowest BCUT2D eigenvalue weighted by atomic mass is 9.93. The lowest BCUT2D eigenvalue weighted by Gasteiger charge is -2.39. The highest BCUT2D eigenvalue weighted by atomic mass is 32.1. The van der Waals surface area contributed by atoms with Gasteiger partial charge in [0.05, 0.1) is 11.3 Å². The summed E-state index contributed by atoms with van der Waals surface area (Å²) in [5.41, 5.74) is -1.18. The van der Waals surface area contributed by atoms with Crippen molar-refractivity contribution in [2.75, 3.05) is 18.0 Å². The van der Waals surface area contributed by atoms with Crippen LogP contribution in [0, 0.1) is 11.7 Å². The van der Waals surface area contributed by atoms with Crippen molar-refractivity contribution < 1.29 is 19.1 Å². The van der Waals surface area contributed by atoms with E-state index in [1.807, 2.05) is 0 Å². The van der Waals surface area contributed by atoms with Gasteiger partial charge in [-0.15, -0.1) is 11.3 Å². The van der Waals surface area contributed by atoms with Gasteiger partial charge in [-0.1, -0.05) is 6.92 Å². The molecule has 1 aliphatic rings. The summed E-state index contributed by atoms with van der Waals surface area (Å²) < 4.78 is 16.1. The van der Waals surface area contributed by atoms with Crippen LogP contribution in [0.15, 0.2) is 28.6 Å². The van der Waals surface area contributed by atoms with Crippen LogP contribution >= 0.6 is 11.3 Å². The summed E-state index contributed by atoms with van der Waals surface area (Å²) in [5, 5.41) is 11.3. The molecular weight excluding hydrogens is 387 g/mol. The lowest BCUT2D eigenvalue weighted by Crippen LogP contribution is -2.51. The third kappa shape index (κ3) is 2.85. The Bertz CT molecular complexity index is 1150. The first-order valence-corrected chi connectivity index (χ1v) is 9.45. The molecule has 3 aromatic rings. The van der Waals surface area contributed by atoms with Crippen LogP contribution in [0.2, 0.25) is 0 Å². The van der Waals surface area contributed by atoms with E-state index in [0.29, 0.717) is 24.6 Å². The standard InChI is InChI=1S/C18H15FN4O4S/c1-2-13(24)9-6-22(7-9)16-12(19)5-10-14(25)11(17(26)27)8-23(15(10)21-16)18-20-3-4-28-18/h3-5,8-9H,2,6-7H2,1H3,(H,26,27). The van der Waals surface area contributed by atoms with E-state index in [2.05, 4.69) is 9.97 Å². The number of thiazole rings is 1. The SMILES string of the molecule is CCC(=O)C1CN(c2nc3c(cc2F)c(=O)c(C(=O)O)cn3-c2nccs2)C1. The van der Waals surface area contributed by atoms with Gasteiger partial charge in [-0.3, -0.25) is 14.2 Å². The van der Waals surface area contributed by atoms with Crippen LogP contribution in [0.4, 0.5) is 10.2 Å². The smallest absolute Gasteiger partial charge is 0.341 e. The average molecular weight is 402 g/mol. The second-order valence-corrected chi connectivity index (χ2v) is 7.32. The maximum Gasteiger partial charge on any atom is 0.341 e. The first kappa shape index (κ1) is 18.2. The van der Waals surface area contributed by atoms with E-state index in [0.717, 1.165) is 12.3 Å². The number of anilines is 1. The summed E-state index contributed by atoms with van der Waals surface area (Å²) in [7, 11) is 0. The fraction of sp³-hybridized carbons (Fsp3) is 0.278. The van der Waals surface area contributed by atoms with Crippen molar-refractivity contribution in [3.8, 4) is 5.13 Å². The summed E-state index contributed by atoms with van der Waals surface area (Å²) in [6, 6.07) is 1.01. The number of rotatable bonds is 5. The predicted molar refractivity (Wildman–Crippen MR) is 101 cm³/mol. The second kappa shape index (κ2) is 6.79. The first-order chi connectivity index (χ1) is 13.4. The number of hydrogen-bond acceptors (Lipinski definition) is 7. The molecule has 144 valence electrons. The van der Waals surface area contributed by atoms with Gasteiger partial charge in [0.25, 0.3) is 0 Å². The molecule has 0 spiro atoms. The van der Waals surface area contributed by atoms with E-state index >= 15 is 0 Å². The molecule has 10 heteroatoms. The molecule has 4 heterocycles. The highest BCUT2D eigenvalue weighted by Gasteiger charge is 2.34. The molecule has 0 unspecified atom stereocenters. The summed E-state index contributed by atoms with van der Waals surface area (Å²) in [6.07, 6.45) is 3.11. The molecule has 0 saturated carbocycles. The molecule has 0 aliphatic carbocycles. The second-order valence-electron chi connectivity index (χ2n) is 6.45. The molecule has 1 N–H and O–H groups in total. The van der Waals surface area contributed by atoms with Crippen LogP contribution in [0.25, 0.3) is 16.2 Å². The molecule has 1 aliphatic heterocycles. The molecule has 28 heavy (non-hydrogen) atoms. The minimum atomic E-state index is -1.41. The van der Waals surface area contributed by atoms with Crippen molar-refractivity contribution in [3.05, 3.63) is 45.4 Å². The Morgan fingerprint density at radius 2 is 2.14 bits per heavy atom. The molecule has 1 saturated heterocycles. The van der Waals surface area contributed by atoms with Gasteiger partial charge >= 0.3 is 5.97 Å². The number of halogens is 1. The lowest BCUT2D eigenvalue weighted by molar-refractivity contribution is -0.123. The number of nitrogens with zero attached hydrogens (tertiary/aromatic N) is 4. The van der Waals surface area contributed by atoms with Crippen molar-refractivity contribution in [1.82, 2.24) is 14.5 Å². The zero-order chi connectivity index (χ0) is 20.0. The van der Waals surface area contributed by atoms with Gasteiger partial charge in [-0.25, -0.2) is 19.2 Å². The summed E-state index contributed by atoms with van der Waals surface area (Å²) >= 11 is 1.23. The number of carboxylic acids is 1. The highest BCUT2D eigenvalue weighted by Crippen LogP contribution is 2.29. The van der Waals surface area contributed by atoms with Crippen molar-refractivity contribution in [2.24, 2.45) is 5.92 Å². The fourth-order valence-electron chi connectivity index (χ4n) is 3.21. The number of carbonyl (C=O) groups is 2. The van der Waals surface area contributed by atoms with Gasteiger partial charge in [-0.05, 0) is 6.07 Å². The first-order valence-electron chi connectivity index (χ1n) is 8.57. The van der Waals surface area contributed by atoms with E-state index in [1.54, 1.807) is 17.2 Å². The molecule has 1 fully saturated rings. The van der Waals surface area contributed by atoms with Gasteiger partial charge in [0.15, 0.2) is 22.4 Å². The molecule has 4 rings (SSSR count). The van der Waals surface area contributed by atoms with Crippen LogP contribution in [-0.4, -0.2) is 44.5 Å². The Labute approximate surface area is 161 Å². The summed E-state index contributed by atoms with van der Waals surface area (Å²) in [4.78, 5) is 45.8. The third-order valence-electron chi connectivity index (χ3n) is 4.75. The molecule has 0 radical (unpaired) electrons.